The number of ketones is 1. The summed E-state index contributed by atoms with van der Waals surface area (Å²) in [7, 11) is 1.86. The van der Waals surface area contributed by atoms with Crippen molar-refractivity contribution in [3.63, 3.8) is 0 Å². The van der Waals surface area contributed by atoms with E-state index in [1.54, 1.807) is 0 Å². The zero-order valence-corrected chi connectivity index (χ0v) is 11.9. The quantitative estimate of drug-likeness (QED) is 0.781. The minimum Gasteiger partial charge on any atom is -0.295 e. The monoisotopic (exact) mass is 291 g/mol. The van der Waals surface area contributed by atoms with Crippen LogP contribution in [-0.2, 0) is 6.54 Å². The maximum Gasteiger partial charge on any atom is 0.176 e. The van der Waals surface area contributed by atoms with E-state index >= 15 is 0 Å². The van der Waals surface area contributed by atoms with Crippen molar-refractivity contribution in [3.05, 3.63) is 70.5 Å². The van der Waals surface area contributed by atoms with Crippen LogP contribution in [0.1, 0.15) is 15.9 Å². The summed E-state index contributed by atoms with van der Waals surface area (Å²) < 4.78 is 12.8. The van der Waals surface area contributed by atoms with Crippen molar-refractivity contribution in [2.75, 3.05) is 13.6 Å². The molecule has 0 bridgehead atoms. The minimum absolute atomic E-state index is 0.0328. The highest BCUT2D eigenvalue weighted by Gasteiger charge is 2.10. The molecule has 0 aliphatic heterocycles. The van der Waals surface area contributed by atoms with E-state index in [0.29, 0.717) is 17.1 Å². The van der Waals surface area contributed by atoms with E-state index < -0.39 is 0 Å². The molecule has 2 aromatic carbocycles. The maximum absolute atomic E-state index is 12.8. The van der Waals surface area contributed by atoms with Gasteiger partial charge >= 0.3 is 0 Å². The van der Waals surface area contributed by atoms with Crippen LogP contribution in [0.2, 0.25) is 5.02 Å². The van der Waals surface area contributed by atoms with E-state index in [-0.39, 0.29) is 18.1 Å². The van der Waals surface area contributed by atoms with Gasteiger partial charge in [-0.2, -0.15) is 0 Å². The molecule has 20 heavy (non-hydrogen) atoms. The van der Waals surface area contributed by atoms with Crippen LogP contribution < -0.4 is 0 Å². The topological polar surface area (TPSA) is 20.3 Å². The van der Waals surface area contributed by atoms with Crippen LogP contribution in [0, 0.1) is 5.82 Å². The summed E-state index contributed by atoms with van der Waals surface area (Å²) in [6.45, 7) is 0.908. The first-order valence-corrected chi connectivity index (χ1v) is 6.64. The smallest absolute Gasteiger partial charge is 0.176 e. The molecule has 4 heteroatoms. The lowest BCUT2D eigenvalue weighted by molar-refractivity contribution is 0.0943. The van der Waals surface area contributed by atoms with Crippen molar-refractivity contribution in [2.45, 2.75) is 6.54 Å². The van der Waals surface area contributed by atoms with Crippen molar-refractivity contribution < 1.29 is 9.18 Å². The average molecular weight is 292 g/mol. The molecule has 0 spiro atoms. The maximum atomic E-state index is 12.8. The van der Waals surface area contributed by atoms with Gasteiger partial charge in [-0.1, -0.05) is 23.7 Å². The summed E-state index contributed by atoms with van der Waals surface area (Å²) in [5, 5.41) is 0.681. The summed E-state index contributed by atoms with van der Waals surface area (Å²) in [5.74, 6) is -0.372. The van der Waals surface area contributed by atoms with Crippen LogP contribution in [0.4, 0.5) is 4.39 Å². The first kappa shape index (κ1) is 14.7. The number of hydrogen-bond donors (Lipinski definition) is 0. The highest BCUT2D eigenvalue weighted by atomic mass is 35.5. The molecule has 0 aliphatic carbocycles. The molecule has 2 rings (SSSR count). The Balaban J connectivity index is 1.95. The predicted octanol–water partition coefficient (Wildman–Crippen LogP) is 3.79. The predicted molar refractivity (Wildman–Crippen MR) is 78.5 cm³/mol. The van der Waals surface area contributed by atoms with E-state index in [1.807, 2.05) is 36.2 Å². The molecule has 0 heterocycles. The van der Waals surface area contributed by atoms with Crippen LogP contribution in [0.15, 0.2) is 48.5 Å². The van der Waals surface area contributed by atoms with Gasteiger partial charge in [-0.05, 0) is 49.0 Å². The Bertz CT molecular complexity index is 598. The largest absolute Gasteiger partial charge is 0.295 e. The number of halogens is 2. The van der Waals surface area contributed by atoms with Gasteiger partial charge in [0, 0.05) is 17.1 Å². The highest BCUT2D eigenvalue weighted by molar-refractivity contribution is 6.30. The number of benzene rings is 2. The van der Waals surface area contributed by atoms with Crippen molar-refractivity contribution in [3.8, 4) is 0 Å². The van der Waals surface area contributed by atoms with Gasteiger partial charge in [0.25, 0.3) is 0 Å². The second-order valence-electron chi connectivity index (χ2n) is 4.73. The Kier molecular flexibility index (Phi) is 4.88. The summed E-state index contributed by atoms with van der Waals surface area (Å²) in [5.41, 5.74) is 1.57. The molecule has 0 fully saturated rings. The zero-order valence-electron chi connectivity index (χ0n) is 11.1. The molecule has 0 unspecified atom stereocenters. The molecule has 2 nitrogen and oxygen atoms in total. The number of likely N-dealkylation sites (N-methyl/N-ethyl adjacent to an activating group) is 1. The van der Waals surface area contributed by atoms with Crippen molar-refractivity contribution >= 4 is 17.4 Å². The number of carbonyl (C=O) groups is 1. The van der Waals surface area contributed by atoms with Gasteiger partial charge in [-0.3, -0.25) is 9.69 Å². The molecule has 0 saturated carbocycles. The molecule has 0 aliphatic rings. The van der Waals surface area contributed by atoms with Crippen LogP contribution in [0.3, 0.4) is 0 Å². The Labute approximate surface area is 122 Å². The molecule has 2 aromatic rings. The van der Waals surface area contributed by atoms with Gasteiger partial charge in [0.1, 0.15) is 5.82 Å². The van der Waals surface area contributed by atoms with Gasteiger partial charge in [0.2, 0.25) is 0 Å². The number of hydrogen-bond acceptors (Lipinski definition) is 2. The molecule has 0 saturated heterocycles. The van der Waals surface area contributed by atoms with E-state index in [2.05, 4.69) is 0 Å². The fourth-order valence-electron chi connectivity index (χ4n) is 1.98. The molecule has 0 radical (unpaired) electrons. The van der Waals surface area contributed by atoms with Gasteiger partial charge in [-0.15, -0.1) is 0 Å². The normalized spacial score (nSPS) is 10.8. The Morgan fingerprint density at radius 2 is 1.90 bits per heavy atom. The third-order valence-corrected chi connectivity index (χ3v) is 3.16. The Hall–Kier alpha value is -1.71. The van der Waals surface area contributed by atoms with Crippen LogP contribution in [0.25, 0.3) is 0 Å². The van der Waals surface area contributed by atoms with E-state index in [4.69, 9.17) is 11.6 Å². The Morgan fingerprint density at radius 3 is 2.55 bits per heavy atom. The van der Waals surface area contributed by atoms with Gasteiger partial charge in [-0.25, -0.2) is 4.39 Å². The van der Waals surface area contributed by atoms with Crippen molar-refractivity contribution in [1.29, 1.82) is 0 Å². The molecule has 0 atom stereocenters. The molecule has 0 N–H and O–H groups in total. The summed E-state index contributed by atoms with van der Waals surface area (Å²) in [6, 6.07) is 13.1. The fourth-order valence-corrected chi connectivity index (χ4v) is 2.19. The van der Waals surface area contributed by atoms with E-state index in [1.165, 1.54) is 24.3 Å². The van der Waals surface area contributed by atoms with Crippen molar-refractivity contribution in [1.82, 2.24) is 4.90 Å². The number of Topliss-reactive ketones (excluding diaryl/α,β-unsaturated/α-hetero) is 1. The lowest BCUT2D eigenvalue weighted by atomic mass is 10.1. The van der Waals surface area contributed by atoms with E-state index in [9.17, 15) is 9.18 Å². The van der Waals surface area contributed by atoms with Crippen LogP contribution >= 0.6 is 11.6 Å². The third-order valence-electron chi connectivity index (χ3n) is 2.92. The number of carbonyl (C=O) groups excluding carboxylic acids is 1. The number of rotatable bonds is 5. The van der Waals surface area contributed by atoms with Gasteiger partial charge < -0.3 is 0 Å². The first-order valence-electron chi connectivity index (χ1n) is 6.26. The summed E-state index contributed by atoms with van der Waals surface area (Å²) in [4.78, 5) is 13.9. The standard InChI is InChI=1S/C16H15ClFNO/c1-19(10-12-3-2-4-14(17)9-12)11-16(20)13-5-7-15(18)8-6-13/h2-9H,10-11H2,1H3. The lowest BCUT2D eigenvalue weighted by Gasteiger charge is -2.16. The molecule has 0 amide bonds. The summed E-state index contributed by atoms with van der Waals surface area (Å²) >= 11 is 5.92. The van der Waals surface area contributed by atoms with Gasteiger partial charge in [0.05, 0.1) is 6.54 Å². The average Bonchev–Trinajstić information content (AvgIpc) is 2.39. The van der Waals surface area contributed by atoms with Gasteiger partial charge in [0.15, 0.2) is 5.78 Å². The highest BCUT2D eigenvalue weighted by Crippen LogP contribution is 2.12. The number of nitrogens with zero attached hydrogens (tertiary/aromatic N) is 1. The second kappa shape index (κ2) is 6.64. The van der Waals surface area contributed by atoms with Crippen LogP contribution in [-0.4, -0.2) is 24.3 Å². The molecular formula is C16H15ClFNO. The minimum atomic E-state index is -0.339. The third kappa shape index (κ3) is 4.15. The first-order chi connectivity index (χ1) is 9.54. The van der Waals surface area contributed by atoms with E-state index in [0.717, 1.165) is 5.56 Å². The molecule has 0 aromatic heterocycles. The summed E-state index contributed by atoms with van der Waals surface area (Å²) in [6.07, 6.45) is 0. The van der Waals surface area contributed by atoms with Crippen LogP contribution in [0.5, 0.6) is 0 Å². The Morgan fingerprint density at radius 1 is 1.20 bits per heavy atom. The second-order valence-corrected chi connectivity index (χ2v) is 5.17. The fraction of sp³-hybridized carbons (Fsp3) is 0.188. The zero-order chi connectivity index (χ0) is 14.5. The molecule has 104 valence electrons. The SMILES string of the molecule is CN(CC(=O)c1ccc(F)cc1)Cc1cccc(Cl)c1. The lowest BCUT2D eigenvalue weighted by Crippen LogP contribution is -2.25. The van der Waals surface area contributed by atoms with Crippen molar-refractivity contribution in [2.24, 2.45) is 0 Å². The molecular weight excluding hydrogens is 277 g/mol.